The van der Waals surface area contributed by atoms with Crippen molar-refractivity contribution in [2.24, 2.45) is 5.84 Å². The van der Waals surface area contributed by atoms with Crippen LogP contribution in [0.3, 0.4) is 0 Å². The Bertz CT molecular complexity index is 592. The summed E-state index contributed by atoms with van der Waals surface area (Å²) in [5, 5.41) is 0. The number of aromatic nitrogens is 2. The number of nitrogens with one attached hydrogen (secondary N) is 1. The largest absolute Gasteiger partial charge is 0.308 e. The summed E-state index contributed by atoms with van der Waals surface area (Å²) in [5.41, 5.74) is 3.18. The van der Waals surface area contributed by atoms with Crippen LogP contribution in [0, 0.1) is 18.6 Å². The molecule has 1 aromatic carbocycles. The van der Waals surface area contributed by atoms with Crippen LogP contribution in [0.5, 0.6) is 0 Å². The number of nitrogens with zero attached hydrogens (tertiary/aromatic N) is 2. The van der Waals surface area contributed by atoms with Crippen molar-refractivity contribution in [3.63, 3.8) is 0 Å². The molecule has 0 unspecified atom stereocenters. The fourth-order valence-corrected chi connectivity index (χ4v) is 2.31. The molecule has 0 aliphatic heterocycles. The highest BCUT2D eigenvalue weighted by Gasteiger charge is 2.07. The van der Waals surface area contributed by atoms with Crippen molar-refractivity contribution in [3.05, 3.63) is 47.4 Å². The van der Waals surface area contributed by atoms with E-state index in [4.69, 9.17) is 5.84 Å². The molecule has 0 aliphatic rings. The van der Waals surface area contributed by atoms with E-state index in [1.54, 1.807) is 13.0 Å². The van der Waals surface area contributed by atoms with Crippen molar-refractivity contribution in [2.45, 2.75) is 17.6 Å². The normalized spacial score (nSPS) is 10.5. The predicted octanol–water partition coefficient (Wildman–Crippen LogP) is 2.64. The second kappa shape index (κ2) is 5.94. The van der Waals surface area contributed by atoms with Gasteiger partial charge in [0.15, 0.2) is 0 Å². The second-order valence-electron chi connectivity index (χ2n) is 3.82. The first-order valence-corrected chi connectivity index (χ1v) is 6.46. The Hall–Kier alpha value is -1.73. The van der Waals surface area contributed by atoms with Crippen molar-refractivity contribution in [1.29, 1.82) is 0 Å². The summed E-state index contributed by atoms with van der Waals surface area (Å²) in [6.45, 7) is 1.81. The first kappa shape index (κ1) is 13.7. The summed E-state index contributed by atoms with van der Waals surface area (Å²) < 4.78 is 26.5. The van der Waals surface area contributed by atoms with Crippen LogP contribution in [0.1, 0.15) is 11.5 Å². The number of aryl methyl sites for hydroxylation is 1. The molecule has 0 amide bonds. The molecule has 7 heteroatoms. The molecular weight excluding hydrogens is 270 g/mol. The van der Waals surface area contributed by atoms with Gasteiger partial charge in [0.2, 0.25) is 0 Å². The van der Waals surface area contributed by atoms with E-state index < -0.39 is 11.6 Å². The quantitative estimate of drug-likeness (QED) is 0.513. The Labute approximate surface area is 113 Å². The molecule has 4 nitrogen and oxygen atoms in total. The third-order valence-electron chi connectivity index (χ3n) is 2.30. The maximum atomic E-state index is 13.4. The molecule has 19 heavy (non-hydrogen) atoms. The summed E-state index contributed by atoms with van der Waals surface area (Å²) in [7, 11) is 0. The number of thioether (sulfide) groups is 1. The smallest absolute Gasteiger partial charge is 0.143 e. The monoisotopic (exact) mass is 282 g/mol. The van der Waals surface area contributed by atoms with Gasteiger partial charge in [0, 0.05) is 16.7 Å². The molecule has 100 valence electrons. The van der Waals surface area contributed by atoms with Crippen LogP contribution in [-0.4, -0.2) is 9.97 Å². The molecule has 0 aliphatic carbocycles. The van der Waals surface area contributed by atoms with E-state index in [1.165, 1.54) is 0 Å². The van der Waals surface area contributed by atoms with Crippen molar-refractivity contribution in [1.82, 2.24) is 9.97 Å². The predicted molar refractivity (Wildman–Crippen MR) is 70.5 cm³/mol. The fraction of sp³-hybridized carbons (Fsp3) is 0.167. The number of nitrogens with two attached hydrogens (primary N) is 1. The lowest BCUT2D eigenvalue weighted by Gasteiger charge is -2.06. The minimum atomic E-state index is -0.474. The lowest BCUT2D eigenvalue weighted by Crippen LogP contribution is -2.10. The number of hydrogen-bond donors (Lipinski definition) is 2. The van der Waals surface area contributed by atoms with E-state index >= 15 is 0 Å². The number of benzene rings is 1. The molecular formula is C12H12F2N4S. The summed E-state index contributed by atoms with van der Waals surface area (Å²) in [6.07, 6.45) is 0. The molecule has 2 rings (SSSR count). The molecule has 0 spiro atoms. The first-order valence-electron chi connectivity index (χ1n) is 5.47. The minimum absolute atomic E-state index is 0.229. The maximum Gasteiger partial charge on any atom is 0.143 e. The van der Waals surface area contributed by atoms with Gasteiger partial charge >= 0.3 is 0 Å². The molecule has 0 atom stereocenters. The highest BCUT2D eigenvalue weighted by atomic mass is 32.2. The number of rotatable bonds is 4. The Morgan fingerprint density at radius 1 is 1.26 bits per heavy atom. The van der Waals surface area contributed by atoms with Gasteiger partial charge in [-0.15, -0.1) is 11.8 Å². The Kier molecular flexibility index (Phi) is 4.28. The van der Waals surface area contributed by atoms with Gasteiger partial charge in [-0.2, -0.15) is 0 Å². The number of nitrogen functional groups attached to an aromatic ring is 1. The maximum absolute atomic E-state index is 13.4. The molecule has 0 fully saturated rings. The van der Waals surface area contributed by atoms with Gasteiger partial charge in [0.05, 0.1) is 5.75 Å². The third-order valence-corrected chi connectivity index (χ3v) is 3.32. The Balaban J connectivity index is 2.14. The lowest BCUT2D eigenvalue weighted by molar-refractivity contribution is 0.577. The summed E-state index contributed by atoms with van der Waals surface area (Å²) in [4.78, 5) is 8.57. The first-order chi connectivity index (χ1) is 9.08. The van der Waals surface area contributed by atoms with Crippen molar-refractivity contribution in [2.75, 3.05) is 5.43 Å². The van der Waals surface area contributed by atoms with Crippen molar-refractivity contribution >= 4 is 17.6 Å². The number of halogens is 2. The van der Waals surface area contributed by atoms with Crippen molar-refractivity contribution in [3.8, 4) is 0 Å². The average Bonchev–Trinajstić information content (AvgIpc) is 2.39. The van der Waals surface area contributed by atoms with Gasteiger partial charge in [-0.25, -0.2) is 24.6 Å². The number of anilines is 1. The number of hydrazine groups is 1. The lowest BCUT2D eigenvalue weighted by atomic mass is 10.3. The highest BCUT2D eigenvalue weighted by molar-refractivity contribution is 7.98. The summed E-state index contributed by atoms with van der Waals surface area (Å²) in [5.74, 6) is 5.67. The van der Waals surface area contributed by atoms with Crippen LogP contribution < -0.4 is 11.3 Å². The zero-order valence-electron chi connectivity index (χ0n) is 10.2. The van der Waals surface area contributed by atoms with Gasteiger partial charge in [-0.3, -0.25) is 0 Å². The van der Waals surface area contributed by atoms with E-state index in [0.29, 0.717) is 17.4 Å². The Morgan fingerprint density at radius 3 is 2.79 bits per heavy atom. The molecule has 1 aromatic heterocycles. The van der Waals surface area contributed by atoms with E-state index in [2.05, 4.69) is 15.4 Å². The molecule has 2 aromatic rings. The average molecular weight is 282 g/mol. The van der Waals surface area contributed by atoms with Gasteiger partial charge in [0.1, 0.15) is 23.3 Å². The van der Waals surface area contributed by atoms with Crippen LogP contribution in [0.15, 0.2) is 29.2 Å². The fourth-order valence-electron chi connectivity index (χ4n) is 1.50. The SMILES string of the molecule is Cc1cc(NN)nc(CSc2cc(F)ccc2F)n1. The van der Waals surface area contributed by atoms with Gasteiger partial charge < -0.3 is 5.43 Å². The van der Waals surface area contributed by atoms with Crippen LogP contribution in [-0.2, 0) is 5.75 Å². The zero-order valence-corrected chi connectivity index (χ0v) is 11.0. The molecule has 0 saturated heterocycles. The van der Waals surface area contributed by atoms with E-state index in [1.807, 2.05) is 0 Å². The zero-order chi connectivity index (χ0) is 13.8. The minimum Gasteiger partial charge on any atom is -0.308 e. The van der Waals surface area contributed by atoms with Crippen LogP contribution in [0.4, 0.5) is 14.6 Å². The van der Waals surface area contributed by atoms with Crippen LogP contribution in [0.25, 0.3) is 0 Å². The Morgan fingerprint density at radius 2 is 2.05 bits per heavy atom. The topological polar surface area (TPSA) is 63.8 Å². The molecule has 3 N–H and O–H groups in total. The highest BCUT2D eigenvalue weighted by Crippen LogP contribution is 2.25. The molecule has 0 bridgehead atoms. The van der Waals surface area contributed by atoms with E-state index in [0.717, 1.165) is 35.7 Å². The molecule has 0 radical (unpaired) electrons. The number of hydrogen-bond acceptors (Lipinski definition) is 5. The van der Waals surface area contributed by atoms with E-state index in [9.17, 15) is 8.78 Å². The van der Waals surface area contributed by atoms with Crippen LogP contribution in [0.2, 0.25) is 0 Å². The molecule has 0 saturated carbocycles. The van der Waals surface area contributed by atoms with Gasteiger partial charge in [-0.1, -0.05) is 0 Å². The van der Waals surface area contributed by atoms with Gasteiger partial charge in [-0.05, 0) is 25.1 Å². The van der Waals surface area contributed by atoms with Crippen LogP contribution >= 0.6 is 11.8 Å². The standard InChI is InChI=1S/C12H12F2N4S/c1-7-4-11(18-15)17-12(16-7)6-19-10-5-8(13)2-3-9(10)14/h2-5H,6,15H2,1H3,(H,16,17,18). The third kappa shape index (κ3) is 3.62. The second-order valence-corrected chi connectivity index (χ2v) is 4.84. The van der Waals surface area contributed by atoms with Crippen molar-refractivity contribution < 1.29 is 8.78 Å². The summed E-state index contributed by atoms with van der Waals surface area (Å²) in [6, 6.07) is 5.02. The van der Waals surface area contributed by atoms with Gasteiger partial charge in [0.25, 0.3) is 0 Å². The summed E-state index contributed by atoms with van der Waals surface area (Å²) >= 11 is 1.13. The molecule has 1 heterocycles. The van der Waals surface area contributed by atoms with E-state index in [-0.39, 0.29) is 4.90 Å².